The minimum absolute atomic E-state index is 0.608. The van der Waals surface area contributed by atoms with Crippen LogP contribution in [-0.4, -0.2) is 47.4 Å². The van der Waals surface area contributed by atoms with Crippen LogP contribution in [0.2, 0.25) is 0 Å². The third-order valence-corrected chi connectivity index (χ3v) is 6.16. The number of ether oxygens (including phenoxy) is 2. The van der Waals surface area contributed by atoms with Gasteiger partial charge in [-0.1, -0.05) is 0 Å². The number of thioether (sulfide) groups is 2. The van der Waals surface area contributed by atoms with Gasteiger partial charge >= 0.3 is 0 Å². The van der Waals surface area contributed by atoms with Crippen LogP contribution in [0.4, 0.5) is 0 Å². The van der Waals surface area contributed by atoms with Gasteiger partial charge < -0.3 is 9.47 Å². The molecule has 3 rings (SSSR count). The molecule has 0 aliphatic carbocycles. The summed E-state index contributed by atoms with van der Waals surface area (Å²) in [5.74, 6) is 2.64. The SMILES string of the molecule is C1OC1CC1CSC(CC2CO2)CS1. The van der Waals surface area contributed by atoms with E-state index in [1.807, 2.05) is 0 Å². The maximum absolute atomic E-state index is 5.27. The number of hydrogen-bond donors (Lipinski definition) is 0. The van der Waals surface area contributed by atoms with Gasteiger partial charge in [-0.2, -0.15) is 23.5 Å². The van der Waals surface area contributed by atoms with Crippen LogP contribution in [0.15, 0.2) is 0 Å². The molecule has 80 valence electrons. The minimum atomic E-state index is 0.608. The van der Waals surface area contributed by atoms with Crippen molar-refractivity contribution in [1.82, 2.24) is 0 Å². The summed E-state index contributed by atoms with van der Waals surface area (Å²) in [5, 5.41) is 1.70. The molecule has 4 heteroatoms. The lowest BCUT2D eigenvalue weighted by Gasteiger charge is -2.27. The average Bonchev–Trinajstić information content (AvgIpc) is 3.02. The summed E-state index contributed by atoms with van der Waals surface area (Å²) in [6.07, 6.45) is 3.78. The van der Waals surface area contributed by atoms with Gasteiger partial charge in [0.25, 0.3) is 0 Å². The molecule has 0 aromatic rings. The normalized spacial score (nSPS) is 46.3. The molecule has 0 aromatic heterocycles. The van der Waals surface area contributed by atoms with E-state index in [-0.39, 0.29) is 0 Å². The summed E-state index contributed by atoms with van der Waals surface area (Å²) < 4.78 is 10.5. The molecule has 4 unspecified atom stereocenters. The molecule has 0 saturated carbocycles. The third kappa shape index (κ3) is 2.81. The van der Waals surface area contributed by atoms with Gasteiger partial charge in [-0.05, 0) is 12.8 Å². The lowest BCUT2D eigenvalue weighted by atomic mass is 10.2. The summed E-state index contributed by atoms with van der Waals surface area (Å²) in [5.41, 5.74) is 0. The zero-order valence-corrected chi connectivity index (χ0v) is 9.82. The lowest BCUT2D eigenvalue weighted by molar-refractivity contribution is 0.394. The summed E-state index contributed by atoms with van der Waals surface area (Å²) in [7, 11) is 0. The molecule has 0 aromatic carbocycles. The van der Waals surface area contributed by atoms with Crippen LogP contribution >= 0.6 is 23.5 Å². The molecule has 0 N–H and O–H groups in total. The second kappa shape index (κ2) is 4.24. The highest BCUT2D eigenvalue weighted by molar-refractivity contribution is 8.07. The highest BCUT2D eigenvalue weighted by atomic mass is 32.2. The van der Waals surface area contributed by atoms with Crippen LogP contribution in [0.5, 0.6) is 0 Å². The van der Waals surface area contributed by atoms with Gasteiger partial charge in [0.15, 0.2) is 0 Å². The Morgan fingerprint density at radius 2 is 1.29 bits per heavy atom. The first kappa shape index (κ1) is 9.82. The van der Waals surface area contributed by atoms with E-state index in [0.717, 1.165) is 23.7 Å². The topological polar surface area (TPSA) is 25.1 Å². The smallest absolute Gasteiger partial charge is 0.0820 e. The van der Waals surface area contributed by atoms with E-state index < -0.39 is 0 Å². The Morgan fingerprint density at radius 1 is 0.857 bits per heavy atom. The fourth-order valence-corrected chi connectivity index (χ4v) is 5.04. The van der Waals surface area contributed by atoms with Crippen molar-refractivity contribution in [3.8, 4) is 0 Å². The van der Waals surface area contributed by atoms with Gasteiger partial charge in [-0.3, -0.25) is 0 Å². The molecule has 0 spiro atoms. The molecule has 0 bridgehead atoms. The van der Waals surface area contributed by atoms with Crippen molar-refractivity contribution < 1.29 is 9.47 Å². The Kier molecular flexibility index (Phi) is 2.97. The molecule has 3 aliphatic rings. The average molecular weight is 232 g/mol. The van der Waals surface area contributed by atoms with Crippen LogP contribution in [0.3, 0.4) is 0 Å². The van der Waals surface area contributed by atoms with E-state index in [9.17, 15) is 0 Å². The molecular weight excluding hydrogens is 216 g/mol. The zero-order valence-electron chi connectivity index (χ0n) is 8.19. The van der Waals surface area contributed by atoms with E-state index in [1.54, 1.807) is 0 Å². The van der Waals surface area contributed by atoms with Gasteiger partial charge in [-0.25, -0.2) is 0 Å². The number of hydrogen-bond acceptors (Lipinski definition) is 4. The first-order valence-electron chi connectivity index (χ1n) is 5.36. The maximum atomic E-state index is 5.27. The van der Waals surface area contributed by atoms with Gasteiger partial charge in [0.1, 0.15) is 0 Å². The van der Waals surface area contributed by atoms with Gasteiger partial charge in [0, 0.05) is 22.0 Å². The van der Waals surface area contributed by atoms with Crippen molar-refractivity contribution in [2.45, 2.75) is 35.5 Å². The monoisotopic (exact) mass is 232 g/mol. The summed E-state index contributed by atoms with van der Waals surface area (Å²) in [6.45, 7) is 2.03. The molecule has 14 heavy (non-hydrogen) atoms. The fraction of sp³-hybridized carbons (Fsp3) is 1.00. The molecular formula is C10H16O2S2. The Bertz CT molecular complexity index is 174. The van der Waals surface area contributed by atoms with E-state index in [1.165, 1.54) is 24.3 Å². The Morgan fingerprint density at radius 3 is 1.57 bits per heavy atom. The first-order valence-corrected chi connectivity index (χ1v) is 7.46. The fourth-order valence-electron chi connectivity index (χ4n) is 1.85. The largest absolute Gasteiger partial charge is 0.373 e. The molecule has 0 amide bonds. The Balaban J connectivity index is 1.37. The van der Waals surface area contributed by atoms with Crippen LogP contribution in [0, 0.1) is 0 Å². The lowest BCUT2D eigenvalue weighted by Crippen LogP contribution is -2.23. The molecule has 4 atom stereocenters. The number of rotatable bonds is 4. The molecule has 0 radical (unpaired) electrons. The Hall–Kier alpha value is 0.620. The highest BCUT2D eigenvalue weighted by Crippen LogP contribution is 2.37. The van der Waals surface area contributed by atoms with Crippen LogP contribution in [0.1, 0.15) is 12.8 Å². The zero-order chi connectivity index (χ0) is 9.38. The summed E-state index contributed by atoms with van der Waals surface area (Å²) in [4.78, 5) is 0. The van der Waals surface area contributed by atoms with E-state index in [0.29, 0.717) is 12.2 Å². The second-order valence-electron chi connectivity index (χ2n) is 4.29. The molecule has 3 aliphatic heterocycles. The van der Waals surface area contributed by atoms with E-state index >= 15 is 0 Å². The van der Waals surface area contributed by atoms with Gasteiger partial charge in [0.2, 0.25) is 0 Å². The quantitative estimate of drug-likeness (QED) is 0.690. The highest BCUT2D eigenvalue weighted by Gasteiger charge is 2.33. The molecule has 3 heterocycles. The Labute approximate surface area is 93.5 Å². The maximum Gasteiger partial charge on any atom is 0.0820 e. The van der Waals surface area contributed by atoms with Crippen molar-refractivity contribution in [3.63, 3.8) is 0 Å². The van der Waals surface area contributed by atoms with Crippen LogP contribution in [-0.2, 0) is 9.47 Å². The van der Waals surface area contributed by atoms with Crippen molar-refractivity contribution in [3.05, 3.63) is 0 Å². The minimum Gasteiger partial charge on any atom is -0.373 e. The van der Waals surface area contributed by atoms with Gasteiger partial charge in [0.05, 0.1) is 25.4 Å². The predicted molar refractivity (Wildman–Crippen MR) is 61.2 cm³/mol. The second-order valence-corrected chi connectivity index (χ2v) is 6.96. The molecule has 3 fully saturated rings. The number of epoxide rings is 2. The molecule has 3 saturated heterocycles. The van der Waals surface area contributed by atoms with Crippen LogP contribution in [0.25, 0.3) is 0 Å². The van der Waals surface area contributed by atoms with Crippen LogP contribution < -0.4 is 0 Å². The third-order valence-electron chi connectivity index (χ3n) is 2.89. The standard InChI is InChI=1S/C10H16O2S2/c1(7-3-11-7)9-5-14-10(6-13-9)2-8-4-12-8/h7-10H,1-6H2. The summed E-state index contributed by atoms with van der Waals surface area (Å²) >= 11 is 4.31. The van der Waals surface area contributed by atoms with E-state index in [2.05, 4.69) is 23.5 Å². The van der Waals surface area contributed by atoms with Crippen molar-refractivity contribution in [2.75, 3.05) is 24.7 Å². The van der Waals surface area contributed by atoms with Crippen molar-refractivity contribution in [2.24, 2.45) is 0 Å². The predicted octanol–water partition coefficient (Wildman–Crippen LogP) is 1.78. The first-order chi connectivity index (χ1) is 6.90. The van der Waals surface area contributed by atoms with Gasteiger partial charge in [-0.15, -0.1) is 0 Å². The van der Waals surface area contributed by atoms with E-state index in [4.69, 9.17) is 9.47 Å². The summed E-state index contributed by atoms with van der Waals surface area (Å²) in [6, 6.07) is 0. The van der Waals surface area contributed by atoms with Crippen molar-refractivity contribution >= 4 is 23.5 Å². The van der Waals surface area contributed by atoms with Crippen molar-refractivity contribution in [1.29, 1.82) is 0 Å². The molecule has 2 nitrogen and oxygen atoms in total.